The van der Waals surface area contributed by atoms with Crippen LogP contribution < -0.4 is 19.3 Å². The van der Waals surface area contributed by atoms with Crippen molar-refractivity contribution in [3.05, 3.63) is 117 Å². The first-order valence-electron chi connectivity index (χ1n) is 19.0. The summed E-state index contributed by atoms with van der Waals surface area (Å²) in [5, 5.41) is 6.93. The monoisotopic (exact) mass is 926 g/mol. The lowest BCUT2D eigenvalue weighted by molar-refractivity contribution is 0.384. The van der Waals surface area contributed by atoms with E-state index >= 15 is 0 Å². The number of aromatic nitrogens is 2. The molecule has 4 aromatic carbocycles. The zero-order valence-electron chi connectivity index (χ0n) is 33.4. The summed E-state index contributed by atoms with van der Waals surface area (Å²) in [5.74, 6) is 1.27. The van der Waals surface area contributed by atoms with Crippen LogP contribution in [0.3, 0.4) is 0 Å². The van der Waals surface area contributed by atoms with Gasteiger partial charge in [0.25, 0.3) is 0 Å². The van der Waals surface area contributed by atoms with E-state index in [1.165, 1.54) is 26.8 Å². The third-order valence-corrected chi connectivity index (χ3v) is 16.1. The molecule has 2 aromatic heterocycles. The van der Waals surface area contributed by atoms with Gasteiger partial charge in [-0.1, -0.05) is 40.4 Å². The second kappa shape index (κ2) is 18.8. The minimum atomic E-state index is -3.54. The van der Waals surface area contributed by atoms with Crippen LogP contribution in [0, 0.1) is 13.8 Å². The van der Waals surface area contributed by atoms with Crippen molar-refractivity contribution in [3.8, 4) is 34.0 Å². The molecule has 8 rings (SSSR count). The highest BCUT2D eigenvalue weighted by molar-refractivity contribution is 7.89. The number of halogens is 2. The molecule has 2 saturated heterocycles. The second-order valence-electron chi connectivity index (χ2n) is 14.2. The number of rotatable bonds is 10. The first kappa shape index (κ1) is 43.8. The highest BCUT2D eigenvalue weighted by Gasteiger charge is 2.31. The van der Waals surface area contributed by atoms with Crippen LogP contribution in [-0.4, -0.2) is 102 Å². The largest absolute Gasteiger partial charge is 0.497 e. The highest BCUT2D eigenvalue weighted by Crippen LogP contribution is 2.33. The lowest BCUT2D eigenvalue weighted by Gasteiger charge is -2.33. The number of methoxy groups -OCH3 is 2. The summed E-state index contributed by atoms with van der Waals surface area (Å²) < 4.78 is 65.0. The standard InChI is InChI=1S/C22H25N3O3S2.C20H19Cl2N3O3S2/c1-16-12-17(2)14-18(13-16)21-15-29-22(23-21)24-8-10-25(11-9-24)30(26,27)20-6-4-19(28-3)5-7-20;1-28-17-2-4-18(5-3-17)30(26,27)25-8-6-24(7-9-25)20-23-19(13-29-20)14-10-15(21)12-16(22)11-14/h4-7,12-15H,8-11H2,1-3H3;2-5,10-13H,6-9H2,1H3. The quantitative estimate of drug-likeness (QED) is 0.132. The number of benzene rings is 4. The van der Waals surface area contributed by atoms with Crippen molar-refractivity contribution in [3.63, 3.8) is 0 Å². The van der Waals surface area contributed by atoms with Gasteiger partial charge in [-0.05, 0) is 92.7 Å². The number of hydrogen-bond acceptors (Lipinski definition) is 12. The molecule has 0 atom stereocenters. The van der Waals surface area contributed by atoms with E-state index in [9.17, 15) is 16.8 Å². The van der Waals surface area contributed by atoms with Gasteiger partial charge in [0.05, 0.1) is 35.4 Å². The van der Waals surface area contributed by atoms with Gasteiger partial charge in [-0.25, -0.2) is 26.8 Å². The summed E-state index contributed by atoms with van der Waals surface area (Å²) in [4.78, 5) is 14.3. The van der Waals surface area contributed by atoms with Gasteiger partial charge in [0.2, 0.25) is 20.0 Å². The van der Waals surface area contributed by atoms with Crippen LogP contribution in [0.2, 0.25) is 10.0 Å². The molecule has 18 heteroatoms. The Kier molecular flexibility index (Phi) is 13.7. The van der Waals surface area contributed by atoms with Gasteiger partial charge in [0, 0.05) is 84.3 Å². The zero-order valence-corrected chi connectivity index (χ0v) is 38.2. The number of thiazole rings is 2. The Hall–Kier alpha value is -4.26. The Morgan fingerprint density at radius 3 is 1.27 bits per heavy atom. The fourth-order valence-corrected chi connectivity index (χ4v) is 12.1. The molecular weight excluding hydrogens is 884 g/mol. The van der Waals surface area contributed by atoms with Crippen molar-refractivity contribution < 1.29 is 26.3 Å². The van der Waals surface area contributed by atoms with E-state index in [0.29, 0.717) is 78.8 Å². The molecule has 0 bridgehead atoms. The third kappa shape index (κ3) is 10.1. The Labute approximate surface area is 369 Å². The molecule has 60 heavy (non-hydrogen) atoms. The van der Waals surface area contributed by atoms with Crippen molar-refractivity contribution in [2.75, 3.05) is 76.4 Å². The van der Waals surface area contributed by atoms with E-state index in [1.807, 2.05) is 17.5 Å². The molecule has 2 aliphatic rings. The average Bonchev–Trinajstić information content (AvgIpc) is 3.95. The van der Waals surface area contributed by atoms with Gasteiger partial charge in [0.1, 0.15) is 11.5 Å². The van der Waals surface area contributed by atoms with E-state index in [-0.39, 0.29) is 4.90 Å². The summed E-state index contributed by atoms with van der Waals surface area (Å²) in [5.41, 5.74) is 6.18. The fraction of sp³-hybridized carbons (Fsp3) is 0.286. The summed E-state index contributed by atoms with van der Waals surface area (Å²) in [7, 11) is -3.93. The molecule has 0 unspecified atom stereocenters. The molecule has 2 aliphatic heterocycles. The number of sulfonamides is 2. The Bertz CT molecular complexity index is 2420. The predicted molar refractivity (Wildman–Crippen MR) is 243 cm³/mol. The van der Waals surface area contributed by atoms with Gasteiger partial charge >= 0.3 is 0 Å². The van der Waals surface area contributed by atoms with Crippen molar-refractivity contribution in [1.29, 1.82) is 0 Å². The summed E-state index contributed by atoms with van der Waals surface area (Å²) in [6.45, 7) is 8.22. The SMILES string of the molecule is COc1ccc(S(=O)(=O)N2CCN(c3nc(-c4cc(C)cc(C)c4)cs3)CC2)cc1.COc1ccc(S(=O)(=O)N2CCN(c3nc(-c4cc(Cl)cc(Cl)c4)cs3)CC2)cc1. The van der Waals surface area contributed by atoms with E-state index in [4.69, 9.17) is 42.6 Å². The van der Waals surface area contributed by atoms with Gasteiger partial charge in [-0.15, -0.1) is 22.7 Å². The number of ether oxygens (including phenoxy) is 2. The normalized spacial score (nSPS) is 15.4. The predicted octanol–water partition coefficient (Wildman–Crippen LogP) is 8.58. The molecular formula is C42H44Cl2N6O6S4. The van der Waals surface area contributed by atoms with Crippen LogP contribution in [0.15, 0.2) is 105 Å². The highest BCUT2D eigenvalue weighted by atomic mass is 35.5. The maximum Gasteiger partial charge on any atom is 0.243 e. The van der Waals surface area contributed by atoms with Crippen molar-refractivity contribution in [2.24, 2.45) is 0 Å². The third-order valence-electron chi connectivity index (χ3n) is 10.1. The van der Waals surface area contributed by atoms with Crippen molar-refractivity contribution in [1.82, 2.24) is 18.6 Å². The lowest BCUT2D eigenvalue weighted by atomic mass is 10.1. The average molecular weight is 928 g/mol. The van der Waals surface area contributed by atoms with Gasteiger partial charge in [-0.2, -0.15) is 8.61 Å². The summed E-state index contributed by atoms with van der Waals surface area (Å²) in [6.07, 6.45) is 0. The molecule has 0 radical (unpaired) electrons. The van der Waals surface area contributed by atoms with E-state index in [0.717, 1.165) is 32.8 Å². The first-order valence-corrected chi connectivity index (χ1v) is 24.4. The van der Waals surface area contributed by atoms with Crippen LogP contribution in [0.25, 0.3) is 22.5 Å². The molecule has 2 fully saturated rings. The molecule has 6 aromatic rings. The molecule has 0 spiro atoms. The van der Waals surface area contributed by atoms with Gasteiger partial charge in [-0.3, -0.25) is 0 Å². The Morgan fingerprint density at radius 2 is 0.900 bits per heavy atom. The van der Waals surface area contributed by atoms with Crippen LogP contribution in [0.5, 0.6) is 11.5 Å². The molecule has 316 valence electrons. The second-order valence-corrected chi connectivity index (χ2v) is 20.6. The maximum absolute atomic E-state index is 12.9. The first-order chi connectivity index (χ1) is 28.7. The molecule has 4 heterocycles. The van der Waals surface area contributed by atoms with Crippen LogP contribution in [-0.2, 0) is 20.0 Å². The van der Waals surface area contributed by atoms with Gasteiger partial charge < -0.3 is 19.3 Å². The van der Waals surface area contributed by atoms with Crippen LogP contribution in [0.1, 0.15) is 11.1 Å². The summed E-state index contributed by atoms with van der Waals surface area (Å²) in [6, 6.07) is 24.8. The number of piperazine rings is 2. The summed E-state index contributed by atoms with van der Waals surface area (Å²) >= 11 is 15.3. The van der Waals surface area contributed by atoms with E-state index in [2.05, 4.69) is 47.2 Å². The molecule has 0 N–H and O–H groups in total. The Morgan fingerprint density at radius 1 is 0.533 bits per heavy atom. The minimum Gasteiger partial charge on any atom is -0.497 e. The van der Waals surface area contributed by atoms with Crippen molar-refractivity contribution in [2.45, 2.75) is 23.6 Å². The number of hydrogen-bond donors (Lipinski definition) is 0. The lowest BCUT2D eigenvalue weighted by Crippen LogP contribution is -2.48. The Balaban J connectivity index is 0.000000181. The van der Waals surface area contributed by atoms with E-state index < -0.39 is 20.0 Å². The molecule has 0 saturated carbocycles. The molecule has 0 amide bonds. The van der Waals surface area contributed by atoms with Gasteiger partial charge in [0.15, 0.2) is 10.3 Å². The van der Waals surface area contributed by atoms with E-state index in [1.54, 1.807) is 84.5 Å². The molecule has 12 nitrogen and oxygen atoms in total. The number of anilines is 2. The smallest absolute Gasteiger partial charge is 0.243 e. The van der Waals surface area contributed by atoms with Crippen molar-refractivity contribution >= 4 is 76.2 Å². The number of nitrogens with zero attached hydrogens (tertiary/aromatic N) is 6. The fourth-order valence-electron chi connectivity index (χ4n) is 6.94. The van der Waals surface area contributed by atoms with Crippen LogP contribution in [0.4, 0.5) is 10.3 Å². The number of aryl methyl sites for hydroxylation is 2. The zero-order chi connectivity index (χ0) is 42.6. The van der Waals surface area contributed by atoms with Crippen LogP contribution >= 0.6 is 45.9 Å². The minimum absolute atomic E-state index is 0.270. The molecule has 0 aliphatic carbocycles. The topological polar surface area (TPSA) is 125 Å². The maximum atomic E-state index is 12.9.